The Balaban J connectivity index is 1.66. The second kappa shape index (κ2) is 7.44. The van der Waals surface area contributed by atoms with Gasteiger partial charge in [0.15, 0.2) is 0 Å². The average Bonchev–Trinajstić information content (AvgIpc) is 2.43. The van der Waals surface area contributed by atoms with Crippen molar-refractivity contribution in [2.24, 2.45) is 11.8 Å². The molecule has 0 unspecified atom stereocenters. The van der Waals surface area contributed by atoms with Crippen LogP contribution < -0.4 is 9.64 Å². The summed E-state index contributed by atoms with van der Waals surface area (Å²) in [7, 11) is 0. The summed E-state index contributed by atoms with van der Waals surface area (Å²) in [5.41, 5.74) is 0.693. The quantitative estimate of drug-likeness (QED) is 0.635. The second-order valence-corrected chi connectivity index (χ2v) is 6.24. The smallest absolute Gasteiger partial charge is 0.150 e. The van der Waals surface area contributed by atoms with E-state index in [-0.39, 0.29) is 0 Å². The Kier molecular flexibility index (Phi) is 5.60. The molecule has 0 radical (unpaired) electrons. The summed E-state index contributed by atoms with van der Waals surface area (Å²) in [4.78, 5) is 12.3. The Morgan fingerprint density at radius 3 is 2.45 bits per heavy atom. The number of hydrogen-bond donors (Lipinski definition) is 1. The van der Waals surface area contributed by atoms with Gasteiger partial charge in [-0.2, -0.15) is 0 Å². The van der Waals surface area contributed by atoms with Crippen LogP contribution in [-0.2, 0) is 0 Å². The van der Waals surface area contributed by atoms with Gasteiger partial charge >= 0.3 is 0 Å². The van der Waals surface area contributed by atoms with Crippen molar-refractivity contribution in [1.82, 2.24) is 0 Å². The first-order chi connectivity index (χ1) is 9.67. The lowest BCUT2D eigenvalue weighted by molar-refractivity contribution is -0.912. The molecule has 1 heterocycles. The number of carbonyl (C=O) groups excluding carboxylic acids is 1. The third-order valence-electron chi connectivity index (χ3n) is 4.04. The van der Waals surface area contributed by atoms with Gasteiger partial charge in [0, 0.05) is 23.8 Å². The van der Waals surface area contributed by atoms with E-state index in [1.54, 1.807) is 17.0 Å². The largest absolute Gasteiger partial charge is 0.493 e. The molecule has 0 aromatic heterocycles. The lowest BCUT2D eigenvalue weighted by Gasteiger charge is -2.31. The van der Waals surface area contributed by atoms with Crippen LogP contribution in [0.25, 0.3) is 0 Å². The minimum Gasteiger partial charge on any atom is -0.493 e. The summed E-state index contributed by atoms with van der Waals surface area (Å²) < 4.78 is 5.72. The first-order valence-electron chi connectivity index (χ1n) is 7.69. The molecule has 0 amide bonds. The maximum Gasteiger partial charge on any atom is 0.150 e. The number of carbonyl (C=O) groups is 1. The zero-order valence-electron chi connectivity index (χ0n) is 12.6. The Morgan fingerprint density at radius 1 is 1.20 bits per heavy atom. The van der Waals surface area contributed by atoms with E-state index in [9.17, 15) is 4.79 Å². The maximum atomic E-state index is 10.6. The van der Waals surface area contributed by atoms with Crippen molar-refractivity contribution in [2.75, 3.05) is 26.2 Å². The predicted molar refractivity (Wildman–Crippen MR) is 80.5 cm³/mol. The minimum atomic E-state index is 0.693. The number of quaternary nitrogens is 1. The first-order valence-corrected chi connectivity index (χ1v) is 7.69. The third kappa shape index (κ3) is 4.64. The highest BCUT2D eigenvalue weighted by Crippen LogP contribution is 2.12. The van der Waals surface area contributed by atoms with E-state index >= 15 is 0 Å². The molecule has 0 spiro atoms. The van der Waals surface area contributed by atoms with Crippen molar-refractivity contribution >= 4 is 6.29 Å². The van der Waals surface area contributed by atoms with E-state index in [2.05, 4.69) is 13.8 Å². The van der Waals surface area contributed by atoms with Gasteiger partial charge in [0.05, 0.1) is 26.2 Å². The van der Waals surface area contributed by atoms with E-state index < -0.39 is 0 Å². The van der Waals surface area contributed by atoms with Crippen LogP contribution in [0, 0.1) is 11.8 Å². The number of aldehydes is 1. The third-order valence-corrected chi connectivity index (χ3v) is 4.04. The Morgan fingerprint density at radius 2 is 1.85 bits per heavy atom. The number of benzene rings is 1. The molecule has 1 fully saturated rings. The number of nitrogens with one attached hydrogen (secondary N) is 1. The lowest BCUT2D eigenvalue weighted by atomic mass is 9.92. The van der Waals surface area contributed by atoms with Crippen molar-refractivity contribution in [1.29, 1.82) is 0 Å². The molecule has 3 nitrogen and oxygen atoms in total. The summed E-state index contributed by atoms with van der Waals surface area (Å²) in [6.45, 7) is 9.28. The van der Waals surface area contributed by atoms with Crippen LogP contribution in [0.5, 0.6) is 5.75 Å². The Bertz CT molecular complexity index is 406. The average molecular weight is 276 g/mol. The molecule has 1 aliphatic heterocycles. The zero-order chi connectivity index (χ0) is 14.4. The number of hydrogen-bond acceptors (Lipinski definition) is 2. The SMILES string of the molecule is C[C@H]1C[C@H](C)C[NH+](CCCOc2ccc(C=O)cc2)C1. The van der Waals surface area contributed by atoms with Crippen LogP contribution in [0.4, 0.5) is 0 Å². The fourth-order valence-electron chi connectivity index (χ4n) is 3.28. The molecule has 2 atom stereocenters. The van der Waals surface area contributed by atoms with Gasteiger partial charge in [-0.3, -0.25) is 4.79 Å². The molecule has 1 N–H and O–H groups in total. The van der Waals surface area contributed by atoms with E-state index in [0.29, 0.717) is 5.56 Å². The van der Waals surface area contributed by atoms with E-state index in [4.69, 9.17) is 4.74 Å². The molecule has 1 aromatic carbocycles. The Labute approximate surface area is 121 Å². The number of ether oxygens (including phenoxy) is 1. The molecule has 0 bridgehead atoms. The van der Waals surface area contributed by atoms with Gasteiger partial charge in [-0.15, -0.1) is 0 Å². The van der Waals surface area contributed by atoms with Crippen molar-refractivity contribution in [3.8, 4) is 5.75 Å². The fourth-order valence-corrected chi connectivity index (χ4v) is 3.28. The molecule has 2 rings (SSSR count). The van der Waals surface area contributed by atoms with Crippen molar-refractivity contribution in [2.45, 2.75) is 26.7 Å². The first kappa shape index (κ1) is 15.0. The van der Waals surface area contributed by atoms with Gasteiger partial charge in [0.2, 0.25) is 0 Å². The van der Waals surface area contributed by atoms with Crippen LogP contribution in [0.3, 0.4) is 0 Å². The predicted octanol–water partition coefficient (Wildman–Crippen LogP) is 1.83. The van der Waals surface area contributed by atoms with Gasteiger partial charge in [-0.1, -0.05) is 13.8 Å². The van der Waals surface area contributed by atoms with Crippen LogP contribution in [0.15, 0.2) is 24.3 Å². The van der Waals surface area contributed by atoms with E-state index in [0.717, 1.165) is 36.9 Å². The zero-order valence-corrected chi connectivity index (χ0v) is 12.6. The normalized spacial score (nSPS) is 26.2. The molecule has 1 saturated heterocycles. The van der Waals surface area contributed by atoms with Crippen molar-refractivity contribution < 1.29 is 14.4 Å². The number of rotatable bonds is 6. The minimum absolute atomic E-state index is 0.693. The number of piperidine rings is 1. The monoisotopic (exact) mass is 276 g/mol. The summed E-state index contributed by atoms with van der Waals surface area (Å²) in [5, 5.41) is 0. The highest BCUT2D eigenvalue weighted by atomic mass is 16.5. The van der Waals surface area contributed by atoms with Gasteiger partial charge < -0.3 is 9.64 Å². The summed E-state index contributed by atoms with van der Waals surface area (Å²) in [6, 6.07) is 7.31. The standard InChI is InChI=1S/C17H25NO2/c1-14-10-15(2)12-18(11-14)8-3-9-20-17-6-4-16(13-19)5-7-17/h4-7,13-15H,3,8-12H2,1-2H3/p+1/t14-,15-/m0/s1. The van der Waals surface area contributed by atoms with Gasteiger partial charge in [-0.25, -0.2) is 0 Å². The van der Waals surface area contributed by atoms with Gasteiger partial charge in [0.25, 0.3) is 0 Å². The molecule has 110 valence electrons. The summed E-state index contributed by atoms with van der Waals surface area (Å²) >= 11 is 0. The van der Waals surface area contributed by atoms with Crippen LogP contribution >= 0.6 is 0 Å². The molecule has 1 aromatic rings. The van der Waals surface area contributed by atoms with Crippen LogP contribution in [-0.4, -0.2) is 32.5 Å². The van der Waals surface area contributed by atoms with Crippen molar-refractivity contribution in [3.05, 3.63) is 29.8 Å². The van der Waals surface area contributed by atoms with E-state index in [1.165, 1.54) is 26.1 Å². The molecule has 1 aliphatic rings. The molecule has 0 aliphatic carbocycles. The van der Waals surface area contributed by atoms with Crippen LogP contribution in [0.1, 0.15) is 37.0 Å². The molecular formula is C17H26NO2+. The Hall–Kier alpha value is -1.35. The topological polar surface area (TPSA) is 30.7 Å². The van der Waals surface area contributed by atoms with Crippen molar-refractivity contribution in [3.63, 3.8) is 0 Å². The van der Waals surface area contributed by atoms with Gasteiger partial charge in [-0.05, 0) is 30.7 Å². The van der Waals surface area contributed by atoms with E-state index in [1.807, 2.05) is 12.1 Å². The molecule has 20 heavy (non-hydrogen) atoms. The highest BCUT2D eigenvalue weighted by molar-refractivity contribution is 5.74. The highest BCUT2D eigenvalue weighted by Gasteiger charge is 2.24. The second-order valence-electron chi connectivity index (χ2n) is 6.24. The summed E-state index contributed by atoms with van der Waals surface area (Å²) in [6.07, 6.45) is 3.32. The fraction of sp³-hybridized carbons (Fsp3) is 0.588. The van der Waals surface area contributed by atoms with Gasteiger partial charge in [0.1, 0.15) is 12.0 Å². The molecular weight excluding hydrogens is 250 g/mol. The molecule has 3 heteroatoms. The molecule has 0 saturated carbocycles. The number of likely N-dealkylation sites (tertiary alicyclic amines) is 1. The summed E-state index contributed by atoms with van der Waals surface area (Å²) in [5.74, 6) is 2.56. The van der Waals surface area contributed by atoms with Crippen LogP contribution in [0.2, 0.25) is 0 Å². The lowest BCUT2D eigenvalue weighted by Crippen LogP contribution is -3.14. The maximum absolute atomic E-state index is 10.6.